The van der Waals surface area contributed by atoms with Gasteiger partial charge in [0.1, 0.15) is 0 Å². The summed E-state index contributed by atoms with van der Waals surface area (Å²) in [6, 6.07) is 0. The van der Waals surface area contributed by atoms with Gasteiger partial charge in [0.05, 0.1) is 7.11 Å². The zero-order chi connectivity index (χ0) is 12.9. The van der Waals surface area contributed by atoms with Crippen molar-refractivity contribution in [3.8, 4) is 0 Å². The third-order valence-electron chi connectivity index (χ3n) is 5.89. The number of ether oxygens (including phenoxy) is 1. The fourth-order valence-corrected chi connectivity index (χ4v) is 5.27. The van der Waals surface area contributed by atoms with Crippen LogP contribution in [-0.2, 0) is 9.53 Å². The minimum atomic E-state index is -0.136. The summed E-state index contributed by atoms with van der Waals surface area (Å²) in [5, 5.41) is 0. The van der Waals surface area contributed by atoms with E-state index >= 15 is 0 Å². The molecule has 2 nitrogen and oxygen atoms in total. The summed E-state index contributed by atoms with van der Waals surface area (Å²) >= 11 is 0. The SMILES string of the molecule is COC(=O)C(C)=C(C)C12CC3CC(CC(C3)C1)C2. The lowest BCUT2D eigenvalue weighted by Crippen LogP contribution is -2.47. The summed E-state index contributed by atoms with van der Waals surface area (Å²) in [5.74, 6) is 2.65. The molecule has 4 aliphatic rings. The number of hydrogen-bond donors (Lipinski definition) is 0. The van der Waals surface area contributed by atoms with Crippen LogP contribution in [0.25, 0.3) is 0 Å². The molecular formula is C16H24O2. The molecule has 0 N–H and O–H groups in total. The Kier molecular flexibility index (Phi) is 2.80. The second-order valence-corrected chi connectivity index (χ2v) is 6.94. The quantitative estimate of drug-likeness (QED) is 0.550. The maximum absolute atomic E-state index is 11.8. The molecule has 18 heavy (non-hydrogen) atoms. The molecule has 2 heteroatoms. The molecule has 0 radical (unpaired) electrons. The van der Waals surface area contributed by atoms with Gasteiger partial charge in [0.2, 0.25) is 0 Å². The van der Waals surface area contributed by atoms with E-state index in [0.29, 0.717) is 5.41 Å². The van der Waals surface area contributed by atoms with Crippen molar-refractivity contribution in [1.29, 1.82) is 0 Å². The Morgan fingerprint density at radius 2 is 1.44 bits per heavy atom. The van der Waals surface area contributed by atoms with Gasteiger partial charge in [-0.15, -0.1) is 0 Å². The Balaban J connectivity index is 1.93. The van der Waals surface area contributed by atoms with Gasteiger partial charge in [0, 0.05) is 5.57 Å². The third-order valence-corrected chi connectivity index (χ3v) is 5.89. The van der Waals surface area contributed by atoms with Crippen LogP contribution in [0.15, 0.2) is 11.1 Å². The number of carbonyl (C=O) groups is 1. The maximum atomic E-state index is 11.8. The number of rotatable bonds is 2. The van der Waals surface area contributed by atoms with Crippen molar-refractivity contribution in [1.82, 2.24) is 0 Å². The highest BCUT2D eigenvalue weighted by Crippen LogP contribution is 2.62. The average molecular weight is 248 g/mol. The predicted octanol–water partition coefficient (Wildman–Crippen LogP) is 3.71. The summed E-state index contributed by atoms with van der Waals surface area (Å²) in [7, 11) is 1.48. The largest absolute Gasteiger partial charge is 0.466 e. The Labute approximate surface area is 110 Å². The van der Waals surface area contributed by atoms with E-state index in [1.807, 2.05) is 6.92 Å². The highest BCUT2D eigenvalue weighted by atomic mass is 16.5. The third kappa shape index (κ3) is 1.72. The molecule has 4 bridgehead atoms. The molecule has 0 unspecified atom stereocenters. The zero-order valence-corrected chi connectivity index (χ0v) is 11.8. The fraction of sp³-hybridized carbons (Fsp3) is 0.812. The number of methoxy groups -OCH3 is 1. The number of carbonyl (C=O) groups excluding carboxylic acids is 1. The van der Waals surface area contributed by atoms with E-state index in [1.54, 1.807) is 0 Å². The molecule has 0 aromatic heterocycles. The monoisotopic (exact) mass is 248 g/mol. The Morgan fingerprint density at radius 3 is 1.83 bits per heavy atom. The van der Waals surface area contributed by atoms with Crippen LogP contribution in [0.5, 0.6) is 0 Å². The highest BCUT2D eigenvalue weighted by molar-refractivity contribution is 5.88. The molecule has 0 heterocycles. The van der Waals surface area contributed by atoms with Crippen molar-refractivity contribution in [3.63, 3.8) is 0 Å². The highest BCUT2D eigenvalue weighted by Gasteiger charge is 2.52. The van der Waals surface area contributed by atoms with Crippen molar-refractivity contribution in [3.05, 3.63) is 11.1 Å². The Morgan fingerprint density at radius 1 is 1.00 bits per heavy atom. The molecule has 100 valence electrons. The summed E-state index contributed by atoms with van der Waals surface area (Å²) in [5.41, 5.74) is 2.53. The van der Waals surface area contributed by atoms with E-state index in [2.05, 4.69) is 6.92 Å². The van der Waals surface area contributed by atoms with Gasteiger partial charge in [-0.05, 0) is 75.5 Å². The van der Waals surface area contributed by atoms with Crippen LogP contribution in [-0.4, -0.2) is 13.1 Å². The lowest BCUT2D eigenvalue weighted by Gasteiger charge is -2.57. The lowest BCUT2D eigenvalue weighted by atomic mass is 9.47. The fourth-order valence-electron chi connectivity index (χ4n) is 5.27. The standard InChI is InChI=1S/C16H24O2/c1-10(15(17)18-3)11(2)16-7-12-4-13(8-16)6-14(5-12)9-16/h12-14H,4-9H2,1-3H3. The molecular weight excluding hydrogens is 224 g/mol. The van der Waals surface area contributed by atoms with Crippen LogP contribution in [0.2, 0.25) is 0 Å². The van der Waals surface area contributed by atoms with Crippen molar-refractivity contribution in [2.24, 2.45) is 23.2 Å². The van der Waals surface area contributed by atoms with E-state index in [4.69, 9.17) is 4.74 Å². The maximum Gasteiger partial charge on any atom is 0.333 e. The first-order chi connectivity index (χ1) is 8.54. The van der Waals surface area contributed by atoms with Gasteiger partial charge in [0.25, 0.3) is 0 Å². The summed E-state index contributed by atoms with van der Waals surface area (Å²) < 4.78 is 4.90. The van der Waals surface area contributed by atoms with Crippen LogP contribution in [0, 0.1) is 23.2 Å². The van der Waals surface area contributed by atoms with Gasteiger partial charge in [-0.25, -0.2) is 4.79 Å². The first-order valence-electron chi connectivity index (χ1n) is 7.30. The van der Waals surface area contributed by atoms with Gasteiger partial charge in [-0.1, -0.05) is 5.57 Å². The van der Waals surface area contributed by atoms with Gasteiger partial charge >= 0.3 is 5.97 Å². The first kappa shape index (κ1) is 12.3. The molecule has 4 rings (SSSR count). The molecule has 0 saturated heterocycles. The van der Waals surface area contributed by atoms with Crippen LogP contribution in [0.1, 0.15) is 52.4 Å². The van der Waals surface area contributed by atoms with Crippen molar-refractivity contribution < 1.29 is 9.53 Å². The molecule has 4 aliphatic carbocycles. The average Bonchev–Trinajstić information content (AvgIpc) is 2.34. The normalized spacial score (nSPS) is 42.7. The van der Waals surface area contributed by atoms with E-state index in [1.165, 1.54) is 51.2 Å². The minimum absolute atomic E-state index is 0.136. The predicted molar refractivity (Wildman–Crippen MR) is 71.0 cm³/mol. The molecule has 0 aromatic carbocycles. The van der Waals surface area contributed by atoms with Crippen LogP contribution < -0.4 is 0 Å². The number of hydrogen-bond acceptors (Lipinski definition) is 2. The Bertz CT molecular complexity index is 370. The van der Waals surface area contributed by atoms with Crippen LogP contribution in [0.4, 0.5) is 0 Å². The Hall–Kier alpha value is -0.790. The summed E-state index contributed by atoms with van der Waals surface area (Å²) in [6.45, 7) is 4.12. The van der Waals surface area contributed by atoms with Gasteiger partial charge in [-0.3, -0.25) is 0 Å². The minimum Gasteiger partial charge on any atom is -0.466 e. The molecule has 4 saturated carbocycles. The summed E-state index contributed by atoms with van der Waals surface area (Å²) in [6.07, 6.45) is 8.30. The topological polar surface area (TPSA) is 26.3 Å². The van der Waals surface area contributed by atoms with E-state index in [9.17, 15) is 4.79 Å². The smallest absolute Gasteiger partial charge is 0.333 e. The molecule has 0 aliphatic heterocycles. The van der Waals surface area contributed by atoms with E-state index in [-0.39, 0.29) is 5.97 Å². The second-order valence-electron chi connectivity index (χ2n) is 6.94. The molecule has 0 atom stereocenters. The van der Waals surface area contributed by atoms with Crippen LogP contribution >= 0.6 is 0 Å². The van der Waals surface area contributed by atoms with Gasteiger partial charge < -0.3 is 4.74 Å². The second kappa shape index (κ2) is 4.11. The van der Waals surface area contributed by atoms with Crippen molar-refractivity contribution in [2.45, 2.75) is 52.4 Å². The number of allylic oxidation sites excluding steroid dienone is 1. The number of esters is 1. The molecule has 0 amide bonds. The first-order valence-corrected chi connectivity index (χ1v) is 7.30. The van der Waals surface area contributed by atoms with E-state index < -0.39 is 0 Å². The van der Waals surface area contributed by atoms with Gasteiger partial charge in [-0.2, -0.15) is 0 Å². The lowest BCUT2D eigenvalue weighted by molar-refractivity contribution is -0.136. The summed E-state index contributed by atoms with van der Waals surface area (Å²) in [4.78, 5) is 11.8. The van der Waals surface area contributed by atoms with Gasteiger partial charge in [0.15, 0.2) is 0 Å². The van der Waals surface area contributed by atoms with Crippen molar-refractivity contribution in [2.75, 3.05) is 7.11 Å². The molecule has 0 aromatic rings. The van der Waals surface area contributed by atoms with E-state index in [0.717, 1.165) is 23.3 Å². The molecule has 0 spiro atoms. The zero-order valence-electron chi connectivity index (χ0n) is 11.8. The molecule has 4 fully saturated rings. The van der Waals surface area contributed by atoms with Crippen LogP contribution in [0.3, 0.4) is 0 Å². The van der Waals surface area contributed by atoms with Crippen molar-refractivity contribution >= 4 is 5.97 Å².